The zero-order chi connectivity index (χ0) is 23.1. The Morgan fingerprint density at radius 2 is 1.62 bits per heavy atom. The van der Waals surface area contributed by atoms with Crippen molar-refractivity contribution < 1.29 is 4.74 Å². The lowest BCUT2D eigenvalue weighted by atomic mass is 10.0. The summed E-state index contributed by atoms with van der Waals surface area (Å²) in [6, 6.07) is 28.5. The van der Waals surface area contributed by atoms with Crippen molar-refractivity contribution in [2.24, 2.45) is 5.10 Å². The minimum absolute atomic E-state index is 0.00319. The van der Waals surface area contributed by atoms with Crippen LogP contribution in [0.4, 0.5) is 10.8 Å². The molecular weight excluding hydrogens is 462 g/mol. The summed E-state index contributed by atoms with van der Waals surface area (Å²) in [7, 11) is 1.66. The predicted molar refractivity (Wildman–Crippen MR) is 141 cm³/mol. The first-order chi connectivity index (χ1) is 16.7. The minimum Gasteiger partial charge on any atom is -0.497 e. The van der Waals surface area contributed by atoms with Gasteiger partial charge in [-0.2, -0.15) is 5.10 Å². The number of aromatic nitrogens is 1. The molecule has 6 nitrogen and oxygen atoms in total. The number of nitrogens with zero attached hydrogens (tertiary/aromatic N) is 4. The van der Waals surface area contributed by atoms with Crippen LogP contribution in [0.1, 0.15) is 11.6 Å². The van der Waals surface area contributed by atoms with Crippen molar-refractivity contribution in [1.29, 1.82) is 5.41 Å². The normalized spacial score (nSPS) is 19.3. The Morgan fingerprint density at radius 1 is 0.912 bits per heavy atom. The second kappa shape index (κ2) is 8.62. The Balaban J connectivity index is 1.38. The van der Waals surface area contributed by atoms with E-state index in [1.54, 1.807) is 7.11 Å². The molecule has 1 fully saturated rings. The molecule has 34 heavy (non-hydrogen) atoms. The van der Waals surface area contributed by atoms with E-state index < -0.39 is 0 Å². The maximum atomic E-state index is 8.77. The largest absolute Gasteiger partial charge is 0.497 e. The fourth-order valence-corrected chi connectivity index (χ4v) is 6.37. The van der Waals surface area contributed by atoms with E-state index in [1.807, 2.05) is 58.8 Å². The zero-order valence-electron chi connectivity index (χ0n) is 18.3. The summed E-state index contributed by atoms with van der Waals surface area (Å²) >= 11 is 3.07. The number of amidine groups is 2. The monoisotopic (exact) mass is 483 g/mol. The smallest absolute Gasteiger partial charge is 0.197 e. The number of benzene rings is 3. The maximum Gasteiger partial charge on any atom is 0.197 e. The van der Waals surface area contributed by atoms with Gasteiger partial charge in [0.2, 0.25) is 0 Å². The highest BCUT2D eigenvalue weighted by Crippen LogP contribution is 2.47. The average molecular weight is 484 g/mol. The molecule has 1 N–H and O–H groups in total. The number of hydrazone groups is 1. The number of nitrogens with one attached hydrogen (secondary N) is 1. The van der Waals surface area contributed by atoms with E-state index >= 15 is 0 Å². The summed E-state index contributed by atoms with van der Waals surface area (Å²) in [5, 5.41) is 19.1. The summed E-state index contributed by atoms with van der Waals surface area (Å²) in [5.41, 5.74) is 4.10. The standard InChI is InChI=1S/C26H21N5OS2/c1-32-20-14-12-17(13-15-20)21-16-33-26(28-21)30-24-23(34-25(30)27)22(18-8-4-2-5-9-18)31(29-24)19-10-6-3-7-11-19/h2-16,22-23,27H,1H3. The molecule has 0 saturated carbocycles. The molecule has 0 spiro atoms. The first-order valence-corrected chi connectivity index (χ1v) is 12.6. The van der Waals surface area contributed by atoms with Crippen molar-refractivity contribution in [2.45, 2.75) is 11.3 Å². The average Bonchev–Trinajstić information content (AvgIpc) is 3.59. The lowest BCUT2D eigenvalue weighted by Crippen LogP contribution is -2.31. The highest BCUT2D eigenvalue weighted by atomic mass is 32.2. The number of ether oxygens (including phenoxy) is 1. The second-order valence-electron chi connectivity index (χ2n) is 7.92. The van der Waals surface area contributed by atoms with E-state index in [1.165, 1.54) is 28.7 Å². The summed E-state index contributed by atoms with van der Waals surface area (Å²) in [6.45, 7) is 0. The molecule has 1 aromatic heterocycles. The molecule has 6 rings (SSSR count). The Bertz CT molecular complexity index is 1350. The molecule has 0 radical (unpaired) electrons. The van der Waals surface area contributed by atoms with Crippen LogP contribution < -0.4 is 14.6 Å². The molecule has 0 bridgehead atoms. The molecule has 4 aromatic rings. The highest BCUT2D eigenvalue weighted by molar-refractivity contribution is 8.16. The van der Waals surface area contributed by atoms with Gasteiger partial charge in [0.1, 0.15) is 5.75 Å². The van der Waals surface area contributed by atoms with Gasteiger partial charge in [-0.15, -0.1) is 11.3 Å². The van der Waals surface area contributed by atoms with Crippen LogP contribution in [0, 0.1) is 5.41 Å². The van der Waals surface area contributed by atoms with Crippen LogP contribution >= 0.6 is 23.1 Å². The van der Waals surface area contributed by atoms with Gasteiger partial charge >= 0.3 is 0 Å². The number of hydrogen-bond donors (Lipinski definition) is 1. The van der Waals surface area contributed by atoms with Gasteiger partial charge < -0.3 is 4.74 Å². The van der Waals surface area contributed by atoms with Crippen molar-refractivity contribution in [2.75, 3.05) is 17.0 Å². The van der Waals surface area contributed by atoms with Gasteiger partial charge in [0.15, 0.2) is 16.1 Å². The topological polar surface area (TPSA) is 64.8 Å². The number of anilines is 2. The number of methoxy groups -OCH3 is 1. The van der Waals surface area contributed by atoms with Gasteiger partial charge in [0.25, 0.3) is 0 Å². The van der Waals surface area contributed by atoms with Crippen LogP contribution in [0.15, 0.2) is 95.4 Å². The summed E-state index contributed by atoms with van der Waals surface area (Å²) in [5.74, 6) is 1.66. The van der Waals surface area contributed by atoms with Gasteiger partial charge in [-0.25, -0.2) is 9.88 Å². The van der Waals surface area contributed by atoms with Crippen LogP contribution in [0.5, 0.6) is 5.75 Å². The predicted octanol–water partition coefficient (Wildman–Crippen LogP) is 6.25. The zero-order valence-corrected chi connectivity index (χ0v) is 20.0. The molecular formula is C26H21N5OS2. The van der Waals surface area contributed by atoms with E-state index in [9.17, 15) is 0 Å². The van der Waals surface area contributed by atoms with Crippen LogP contribution in [-0.4, -0.2) is 28.3 Å². The molecule has 8 heteroatoms. The number of para-hydroxylation sites is 1. The number of fused-ring (bicyclic) bond motifs is 1. The Hall–Kier alpha value is -3.62. The van der Waals surface area contributed by atoms with E-state index in [2.05, 4.69) is 41.4 Å². The van der Waals surface area contributed by atoms with E-state index in [-0.39, 0.29) is 11.3 Å². The summed E-state index contributed by atoms with van der Waals surface area (Å²) < 4.78 is 5.27. The fraction of sp³-hybridized carbons (Fsp3) is 0.115. The van der Waals surface area contributed by atoms with Crippen molar-refractivity contribution in [3.63, 3.8) is 0 Å². The van der Waals surface area contributed by atoms with Crippen LogP contribution in [0.3, 0.4) is 0 Å². The molecule has 0 aliphatic carbocycles. The van der Waals surface area contributed by atoms with Crippen LogP contribution in [0.2, 0.25) is 0 Å². The lowest BCUT2D eigenvalue weighted by Gasteiger charge is -2.26. The van der Waals surface area contributed by atoms with Crippen LogP contribution in [-0.2, 0) is 0 Å². The Kier molecular flexibility index (Phi) is 5.31. The Labute approximate surface area is 206 Å². The molecule has 2 aliphatic rings. The third kappa shape index (κ3) is 3.55. The minimum atomic E-state index is -0.00466. The van der Waals surface area contributed by atoms with E-state index in [0.717, 1.165) is 33.7 Å². The molecule has 2 atom stereocenters. The van der Waals surface area contributed by atoms with E-state index in [4.69, 9.17) is 20.2 Å². The van der Waals surface area contributed by atoms with Gasteiger partial charge in [-0.1, -0.05) is 60.3 Å². The molecule has 2 aliphatic heterocycles. The van der Waals surface area contributed by atoms with Crippen molar-refractivity contribution in [3.05, 3.63) is 95.9 Å². The maximum absolute atomic E-state index is 8.77. The molecule has 3 aromatic carbocycles. The third-order valence-corrected chi connectivity index (χ3v) is 7.87. The fourth-order valence-electron chi connectivity index (χ4n) is 4.28. The summed E-state index contributed by atoms with van der Waals surface area (Å²) in [4.78, 5) is 6.77. The number of rotatable bonds is 5. The molecule has 3 heterocycles. The SMILES string of the molecule is COc1ccc(-c2csc(N3C(=N)SC4C3=NN(c3ccccc3)C4c3ccccc3)n2)cc1. The highest BCUT2D eigenvalue weighted by Gasteiger charge is 2.49. The molecule has 168 valence electrons. The first-order valence-electron chi connectivity index (χ1n) is 10.9. The van der Waals surface area contributed by atoms with Gasteiger partial charge in [-0.3, -0.25) is 10.4 Å². The number of hydrogen-bond acceptors (Lipinski definition) is 7. The number of thiazole rings is 1. The van der Waals surface area contributed by atoms with Crippen molar-refractivity contribution in [1.82, 2.24) is 4.98 Å². The molecule has 0 amide bonds. The third-order valence-electron chi connectivity index (χ3n) is 5.92. The summed E-state index contributed by atoms with van der Waals surface area (Å²) in [6.07, 6.45) is 0. The van der Waals surface area contributed by atoms with Crippen LogP contribution in [0.25, 0.3) is 11.3 Å². The van der Waals surface area contributed by atoms with Gasteiger partial charge in [0.05, 0.1) is 29.8 Å². The quantitative estimate of drug-likeness (QED) is 0.363. The van der Waals surface area contributed by atoms with Crippen molar-refractivity contribution in [3.8, 4) is 17.0 Å². The second-order valence-corrected chi connectivity index (χ2v) is 9.88. The lowest BCUT2D eigenvalue weighted by molar-refractivity contribution is 0.415. The van der Waals surface area contributed by atoms with Crippen molar-refractivity contribution >= 4 is 44.9 Å². The number of thioether (sulfide) groups is 1. The van der Waals surface area contributed by atoms with Gasteiger partial charge in [-0.05, 0) is 42.0 Å². The molecule has 1 saturated heterocycles. The van der Waals surface area contributed by atoms with Gasteiger partial charge in [0, 0.05) is 10.9 Å². The first kappa shape index (κ1) is 20.9. The Morgan fingerprint density at radius 3 is 2.32 bits per heavy atom. The molecule has 2 unspecified atom stereocenters. The van der Waals surface area contributed by atoms with E-state index in [0.29, 0.717) is 5.17 Å².